The molecule has 1 aromatic carbocycles. The Bertz CT molecular complexity index is 287. The molecule has 0 aromatic heterocycles. The van der Waals surface area contributed by atoms with Crippen LogP contribution in [0.1, 0.15) is 32.6 Å². The van der Waals surface area contributed by atoms with Crippen molar-refractivity contribution in [3.8, 4) is 0 Å². The number of aliphatic hydroxyl groups is 1. The van der Waals surface area contributed by atoms with E-state index >= 15 is 0 Å². The Hall–Kier alpha value is -0.380. The van der Waals surface area contributed by atoms with Gasteiger partial charge < -0.3 is 9.84 Å². The monoisotopic (exact) mass is 258 g/mol. The highest BCUT2D eigenvalue weighted by atomic mass is 79.9. The van der Waals surface area contributed by atoms with E-state index in [1.165, 1.54) is 0 Å². The summed E-state index contributed by atoms with van der Waals surface area (Å²) < 4.78 is 6.39. The SMILES string of the molecule is CC(C)(C)OC(O)c1ccc(Br)cc1. The van der Waals surface area contributed by atoms with Crippen LogP contribution < -0.4 is 0 Å². The first kappa shape index (κ1) is 11.7. The van der Waals surface area contributed by atoms with Crippen molar-refractivity contribution in [2.24, 2.45) is 0 Å². The molecule has 0 fully saturated rings. The van der Waals surface area contributed by atoms with Crippen LogP contribution in [-0.2, 0) is 4.74 Å². The van der Waals surface area contributed by atoms with Crippen LogP contribution in [0, 0.1) is 0 Å². The first-order chi connectivity index (χ1) is 6.38. The molecule has 0 aliphatic rings. The molecule has 1 atom stereocenters. The van der Waals surface area contributed by atoms with E-state index in [-0.39, 0.29) is 5.60 Å². The Morgan fingerprint density at radius 3 is 2.14 bits per heavy atom. The Balaban J connectivity index is 2.70. The summed E-state index contributed by atoms with van der Waals surface area (Å²) in [5.41, 5.74) is 0.426. The molecule has 0 saturated carbocycles. The summed E-state index contributed by atoms with van der Waals surface area (Å²) in [7, 11) is 0. The smallest absolute Gasteiger partial charge is 0.181 e. The third-order valence-corrected chi connectivity index (χ3v) is 2.15. The normalized spacial score (nSPS) is 14.1. The largest absolute Gasteiger partial charge is 0.364 e. The van der Waals surface area contributed by atoms with Gasteiger partial charge in [-0.1, -0.05) is 28.1 Å². The number of hydrogen-bond donors (Lipinski definition) is 1. The molecule has 0 spiro atoms. The van der Waals surface area contributed by atoms with Crippen molar-refractivity contribution in [3.05, 3.63) is 34.3 Å². The van der Waals surface area contributed by atoms with Crippen LogP contribution in [0.15, 0.2) is 28.7 Å². The second kappa shape index (κ2) is 4.43. The molecule has 1 unspecified atom stereocenters. The van der Waals surface area contributed by atoms with Gasteiger partial charge in [-0.3, -0.25) is 0 Å². The van der Waals surface area contributed by atoms with Gasteiger partial charge in [0.15, 0.2) is 6.29 Å². The van der Waals surface area contributed by atoms with Gasteiger partial charge in [-0.25, -0.2) is 0 Å². The zero-order valence-corrected chi connectivity index (χ0v) is 10.2. The van der Waals surface area contributed by atoms with E-state index in [2.05, 4.69) is 15.9 Å². The van der Waals surface area contributed by atoms with Crippen molar-refractivity contribution in [2.45, 2.75) is 32.7 Å². The number of halogens is 1. The summed E-state index contributed by atoms with van der Waals surface area (Å²) in [5.74, 6) is 0. The highest BCUT2D eigenvalue weighted by Crippen LogP contribution is 2.22. The van der Waals surface area contributed by atoms with E-state index in [1.807, 2.05) is 45.0 Å². The lowest BCUT2D eigenvalue weighted by molar-refractivity contribution is -0.169. The molecule has 3 heteroatoms. The van der Waals surface area contributed by atoms with E-state index in [0.717, 1.165) is 10.0 Å². The van der Waals surface area contributed by atoms with Gasteiger partial charge in [0.2, 0.25) is 0 Å². The van der Waals surface area contributed by atoms with Crippen molar-refractivity contribution >= 4 is 15.9 Å². The molecular weight excluding hydrogens is 244 g/mol. The lowest BCUT2D eigenvalue weighted by Crippen LogP contribution is -2.22. The highest BCUT2D eigenvalue weighted by Gasteiger charge is 2.17. The average Bonchev–Trinajstić information content (AvgIpc) is 2.02. The summed E-state index contributed by atoms with van der Waals surface area (Å²) in [5, 5.41) is 9.71. The van der Waals surface area contributed by atoms with Crippen LogP contribution in [0.4, 0.5) is 0 Å². The lowest BCUT2D eigenvalue weighted by Gasteiger charge is -2.24. The van der Waals surface area contributed by atoms with Gasteiger partial charge in [-0.2, -0.15) is 0 Å². The van der Waals surface area contributed by atoms with Gasteiger partial charge in [0.25, 0.3) is 0 Å². The fourth-order valence-corrected chi connectivity index (χ4v) is 1.29. The second-order valence-corrected chi connectivity index (χ2v) is 5.05. The summed E-state index contributed by atoms with van der Waals surface area (Å²) in [6.45, 7) is 5.74. The molecular formula is C11H15BrO2. The third-order valence-electron chi connectivity index (χ3n) is 1.62. The van der Waals surface area contributed by atoms with Crippen molar-refractivity contribution in [1.29, 1.82) is 0 Å². The number of hydrogen-bond acceptors (Lipinski definition) is 2. The van der Waals surface area contributed by atoms with Crippen LogP contribution in [0.5, 0.6) is 0 Å². The average molecular weight is 259 g/mol. The van der Waals surface area contributed by atoms with Gasteiger partial charge in [0.1, 0.15) is 0 Å². The summed E-state index contributed by atoms with van der Waals surface area (Å²) in [6.07, 6.45) is -0.858. The molecule has 0 aliphatic carbocycles. The quantitative estimate of drug-likeness (QED) is 0.826. The zero-order valence-electron chi connectivity index (χ0n) is 8.62. The molecule has 0 aliphatic heterocycles. The van der Waals surface area contributed by atoms with Crippen LogP contribution in [0.2, 0.25) is 0 Å². The highest BCUT2D eigenvalue weighted by molar-refractivity contribution is 9.10. The fraction of sp³-hybridized carbons (Fsp3) is 0.455. The maximum Gasteiger partial charge on any atom is 0.181 e. The molecule has 2 nitrogen and oxygen atoms in total. The predicted molar refractivity (Wildman–Crippen MR) is 59.9 cm³/mol. The predicted octanol–water partition coefficient (Wildman–Crippen LogP) is 3.26. The topological polar surface area (TPSA) is 29.5 Å². The van der Waals surface area contributed by atoms with Gasteiger partial charge >= 0.3 is 0 Å². The van der Waals surface area contributed by atoms with Crippen LogP contribution >= 0.6 is 15.9 Å². The lowest BCUT2D eigenvalue weighted by atomic mass is 10.1. The van der Waals surface area contributed by atoms with Gasteiger partial charge in [-0.05, 0) is 32.9 Å². The maximum atomic E-state index is 9.71. The standard InChI is InChI=1S/C11H15BrO2/c1-11(2,3)14-10(13)8-4-6-9(12)7-5-8/h4-7,10,13H,1-3H3. The van der Waals surface area contributed by atoms with Crippen molar-refractivity contribution in [1.82, 2.24) is 0 Å². The van der Waals surface area contributed by atoms with E-state index in [1.54, 1.807) is 0 Å². The fourth-order valence-electron chi connectivity index (χ4n) is 1.03. The van der Waals surface area contributed by atoms with Gasteiger partial charge in [0, 0.05) is 10.0 Å². The molecule has 1 aromatic rings. The van der Waals surface area contributed by atoms with Crippen LogP contribution in [0.25, 0.3) is 0 Å². The molecule has 0 saturated heterocycles. The molecule has 0 amide bonds. The van der Waals surface area contributed by atoms with Gasteiger partial charge in [0.05, 0.1) is 5.60 Å². The summed E-state index contributed by atoms with van der Waals surface area (Å²) in [4.78, 5) is 0. The van der Waals surface area contributed by atoms with Crippen molar-refractivity contribution < 1.29 is 9.84 Å². The maximum absolute atomic E-state index is 9.71. The molecule has 1 N–H and O–H groups in total. The molecule has 78 valence electrons. The summed E-state index contributed by atoms with van der Waals surface area (Å²) in [6, 6.07) is 7.43. The molecule has 0 bridgehead atoms. The number of aliphatic hydroxyl groups excluding tert-OH is 1. The Morgan fingerprint density at radius 2 is 1.71 bits per heavy atom. The van der Waals surface area contributed by atoms with E-state index < -0.39 is 6.29 Å². The first-order valence-corrected chi connectivity index (χ1v) is 5.29. The number of rotatable bonds is 2. The van der Waals surface area contributed by atoms with E-state index in [4.69, 9.17) is 4.74 Å². The Labute approximate surface area is 93.0 Å². The first-order valence-electron chi connectivity index (χ1n) is 4.50. The minimum atomic E-state index is -0.858. The molecule has 14 heavy (non-hydrogen) atoms. The Kier molecular flexibility index (Phi) is 3.70. The second-order valence-electron chi connectivity index (χ2n) is 4.13. The molecule has 0 radical (unpaired) electrons. The minimum Gasteiger partial charge on any atom is -0.364 e. The number of ether oxygens (including phenoxy) is 1. The zero-order chi connectivity index (χ0) is 10.8. The molecule has 0 heterocycles. The molecule has 1 rings (SSSR count). The number of benzene rings is 1. The van der Waals surface area contributed by atoms with Crippen molar-refractivity contribution in [2.75, 3.05) is 0 Å². The summed E-state index contributed by atoms with van der Waals surface area (Å²) >= 11 is 3.33. The third kappa shape index (κ3) is 3.78. The van der Waals surface area contributed by atoms with E-state index in [9.17, 15) is 5.11 Å². The Morgan fingerprint density at radius 1 is 1.21 bits per heavy atom. The van der Waals surface area contributed by atoms with Crippen molar-refractivity contribution in [3.63, 3.8) is 0 Å². The van der Waals surface area contributed by atoms with Gasteiger partial charge in [-0.15, -0.1) is 0 Å². The van der Waals surface area contributed by atoms with Crippen LogP contribution in [0.3, 0.4) is 0 Å². The minimum absolute atomic E-state index is 0.341. The van der Waals surface area contributed by atoms with E-state index in [0.29, 0.717) is 0 Å². The van der Waals surface area contributed by atoms with Crippen LogP contribution in [-0.4, -0.2) is 10.7 Å².